The second kappa shape index (κ2) is 5.22. The van der Waals surface area contributed by atoms with E-state index in [-0.39, 0.29) is 15.7 Å². The van der Waals surface area contributed by atoms with Gasteiger partial charge >= 0.3 is 0 Å². The highest BCUT2D eigenvalue weighted by Crippen LogP contribution is 2.25. The SMILES string of the molecule is Cc1ccc(S(=O)(=O)n2cc(I)c3nc(Cl)cnc32)cc1. The maximum Gasteiger partial charge on any atom is 0.269 e. The van der Waals surface area contributed by atoms with Crippen molar-refractivity contribution in [3.8, 4) is 0 Å². The van der Waals surface area contributed by atoms with Crippen LogP contribution in [0.15, 0.2) is 41.6 Å². The van der Waals surface area contributed by atoms with E-state index in [0.29, 0.717) is 9.09 Å². The molecule has 0 unspecified atom stereocenters. The summed E-state index contributed by atoms with van der Waals surface area (Å²) in [6.45, 7) is 1.90. The van der Waals surface area contributed by atoms with Crippen LogP contribution in [0, 0.1) is 10.5 Å². The number of fused-ring (bicyclic) bond motifs is 1. The normalized spacial score (nSPS) is 12.0. The van der Waals surface area contributed by atoms with E-state index in [2.05, 4.69) is 9.97 Å². The molecule has 0 N–H and O–H groups in total. The molecule has 0 aliphatic heterocycles. The summed E-state index contributed by atoms with van der Waals surface area (Å²) in [6, 6.07) is 6.66. The molecule has 0 aliphatic rings. The van der Waals surface area contributed by atoms with Crippen LogP contribution in [-0.2, 0) is 10.0 Å². The topological polar surface area (TPSA) is 64.8 Å². The van der Waals surface area contributed by atoms with E-state index in [1.54, 1.807) is 24.3 Å². The average molecular weight is 434 g/mol. The van der Waals surface area contributed by atoms with E-state index in [1.807, 2.05) is 29.5 Å². The minimum absolute atomic E-state index is 0.207. The molecule has 0 saturated heterocycles. The summed E-state index contributed by atoms with van der Waals surface area (Å²) < 4.78 is 27.2. The third-order valence-corrected chi connectivity index (χ3v) is 5.60. The Bertz CT molecular complexity index is 936. The number of aryl methyl sites for hydroxylation is 1. The van der Waals surface area contributed by atoms with Crippen LogP contribution in [0.4, 0.5) is 0 Å². The van der Waals surface area contributed by atoms with Gasteiger partial charge in [0, 0.05) is 6.20 Å². The molecule has 21 heavy (non-hydrogen) atoms. The molecule has 2 heterocycles. The van der Waals surface area contributed by atoms with E-state index < -0.39 is 10.0 Å². The summed E-state index contributed by atoms with van der Waals surface area (Å²) in [6.07, 6.45) is 2.83. The van der Waals surface area contributed by atoms with Crippen molar-refractivity contribution in [1.82, 2.24) is 13.9 Å². The molecular formula is C13H9ClIN3O2S. The van der Waals surface area contributed by atoms with Gasteiger partial charge in [0.1, 0.15) is 10.7 Å². The molecule has 0 aliphatic carbocycles. The summed E-state index contributed by atoms with van der Waals surface area (Å²) in [4.78, 5) is 8.43. The van der Waals surface area contributed by atoms with Crippen molar-refractivity contribution < 1.29 is 8.42 Å². The van der Waals surface area contributed by atoms with Crippen LogP contribution in [-0.4, -0.2) is 22.4 Å². The molecule has 5 nitrogen and oxygen atoms in total. The maximum absolute atomic E-state index is 12.7. The zero-order valence-electron chi connectivity index (χ0n) is 10.8. The molecule has 0 radical (unpaired) electrons. The van der Waals surface area contributed by atoms with Gasteiger partial charge < -0.3 is 0 Å². The molecule has 8 heteroatoms. The van der Waals surface area contributed by atoms with E-state index in [1.165, 1.54) is 12.4 Å². The number of aromatic nitrogens is 3. The predicted octanol–water partition coefficient (Wildman–Crippen LogP) is 3.23. The van der Waals surface area contributed by atoms with E-state index in [4.69, 9.17) is 11.6 Å². The van der Waals surface area contributed by atoms with Crippen LogP contribution in [0.1, 0.15) is 5.56 Å². The van der Waals surface area contributed by atoms with Crippen molar-refractivity contribution in [1.29, 1.82) is 0 Å². The molecule has 0 saturated carbocycles. The lowest BCUT2D eigenvalue weighted by Gasteiger charge is -2.06. The molecule has 0 spiro atoms. The summed E-state index contributed by atoms with van der Waals surface area (Å²) >= 11 is 7.83. The predicted molar refractivity (Wildman–Crippen MR) is 89.0 cm³/mol. The fourth-order valence-electron chi connectivity index (χ4n) is 1.91. The summed E-state index contributed by atoms with van der Waals surface area (Å²) in [5.74, 6) is 0. The van der Waals surface area contributed by atoms with Gasteiger partial charge in [-0.3, -0.25) is 0 Å². The van der Waals surface area contributed by atoms with Crippen molar-refractivity contribution in [2.24, 2.45) is 0 Å². The van der Waals surface area contributed by atoms with Crippen LogP contribution < -0.4 is 0 Å². The molecule has 2 aromatic heterocycles. The molecule has 0 atom stereocenters. The van der Waals surface area contributed by atoms with Gasteiger partial charge in [0.05, 0.1) is 14.7 Å². The number of benzene rings is 1. The molecule has 1 aromatic carbocycles. The number of hydrogen-bond donors (Lipinski definition) is 0. The Hall–Kier alpha value is -1.19. The summed E-state index contributed by atoms with van der Waals surface area (Å²) in [5.41, 5.74) is 1.73. The molecular weight excluding hydrogens is 425 g/mol. The zero-order chi connectivity index (χ0) is 15.2. The Morgan fingerprint density at radius 3 is 2.57 bits per heavy atom. The molecule has 0 amide bonds. The Balaban J connectivity index is 2.26. The van der Waals surface area contributed by atoms with Gasteiger partial charge in [0.15, 0.2) is 5.65 Å². The first-order valence-corrected chi connectivity index (χ1v) is 8.80. The average Bonchev–Trinajstić information content (AvgIpc) is 2.77. The summed E-state index contributed by atoms with van der Waals surface area (Å²) in [7, 11) is -3.71. The number of halogens is 2. The standard InChI is InChI=1S/C13H9ClIN3O2S/c1-8-2-4-9(5-3-8)21(19,20)18-7-10(15)12-13(18)16-6-11(14)17-12/h2-7H,1H3. The highest BCUT2D eigenvalue weighted by atomic mass is 127. The summed E-state index contributed by atoms with van der Waals surface area (Å²) in [5, 5.41) is 0.228. The van der Waals surface area contributed by atoms with Crippen molar-refractivity contribution in [3.63, 3.8) is 0 Å². The molecule has 3 rings (SSSR count). The van der Waals surface area contributed by atoms with Crippen molar-refractivity contribution in [2.45, 2.75) is 11.8 Å². The van der Waals surface area contributed by atoms with Gasteiger partial charge in [-0.25, -0.2) is 22.4 Å². The van der Waals surface area contributed by atoms with E-state index in [0.717, 1.165) is 9.54 Å². The first kappa shape index (κ1) is 14.7. The van der Waals surface area contributed by atoms with Crippen LogP contribution >= 0.6 is 34.2 Å². The monoisotopic (exact) mass is 433 g/mol. The maximum atomic E-state index is 12.7. The highest BCUT2D eigenvalue weighted by Gasteiger charge is 2.22. The Morgan fingerprint density at radius 1 is 1.24 bits per heavy atom. The van der Waals surface area contributed by atoms with Gasteiger partial charge in [0.2, 0.25) is 0 Å². The quantitative estimate of drug-likeness (QED) is 0.582. The Morgan fingerprint density at radius 2 is 1.90 bits per heavy atom. The molecule has 0 bridgehead atoms. The third kappa shape index (κ3) is 2.53. The largest absolute Gasteiger partial charge is 0.269 e. The van der Waals surface area contributed by atoms with Crippen LogP contribution in [0.5, 0.6) is 0 Å². The van der Waals surface area contributed by atoms with Gasteiger partial charge in [-0.2, -0.15) is 0 Å². The first-order chi connectivity index (χ1) is 9.89. The fraction of sp³-hybridized carbons (Fsp3) is 0.0769. The smallest absolute Gasteiger partial charge is 0.233 e. The number of rotatable bonds is 2. The molecule has 0 fully saturated rings. The van der Waals surface area contributed by atoms with Crippen LogP contribution in [0.3, 0.4) is 0 Å². The van der Waals surface area contributed by atoms with Gasteiger partial charge in [-0.15, -0.1) is 0 Å². The lowest BCUT2D eigenvalue weighted by molar-refractivity contribution is 0.588. The van der Waals surface area contributed by atoms with Gasteiger partial charge in [0.25, 0.3) is 10.0 Å². The van der Waals surface area contributed by atoms with Crippen molar-refractivity contribution >= 4 is 55.4 Å². The second-order valence-electron chi connectivity index (χ2n) is 4.46. The Kier molecular flexibility index (Phi) is 3.66. The van der Waals surface area contributed by atoms with Crippen LogP contribution in [0.25, 0.3) is 11.2 Å². The minimum atomic E-state index is -3.71. The molecule has 108 valence electrons. The highest BCUT2D eigenvalue weighted by molar-refractivity contribution is 14.1. The van der Waals surface area contributed by atoms with E-state index >= 15 is 0 Å². The van der Waals surface area contributed by atoms with Crippen molar-refractivity contribution in [2.75, 3.05) is 0 Å². The molecule has 3 aromatic rings. The lowest BCUT2D eigenvalue weighted by atomic mass is 10.2. The van der Waals surface area contributed by atoms with Gasteiger partial charge in [-0.1, -0.05) is 29.3 Å². The number of nitrogens with zero attached hydrogens (tertiary/aromatic N) is 3. The Labute approximate surface area is 140 Å². The first-order valence-electron chi connectivity index (χ1n) is 5.91. The van der Waals surface area contributed by atoms with Crippen LogP contribution in [0.2, 0.25) is 5.15 Å². The van der Waals surface area contributed by atoms with Crippen molar-refractivity contribution in [3.05, 3.63) is 50.9 Å². The second-order valence-corrected chi connectivity index (χ2v) is 7.82. The zero-order valence-corrected chi connectivity index (χ0v) is 14.5. The lowest BCUT2D eigenvalue weighted by Crippen LogP contribution is -2.12. The van der Waals surface area contributed by atoms with E-state index in [9.17, 15) is 8.42 Å². The van der Waals surface area contributed by atoms with Gasteiger partial charge in [-0.05, 0) is 41.6 Å². The minimum Gasteiger partial charge on any atom is -0.233 e. The number of hydrogen-bond acceptors (Lipinski definition) is 4. The fourth-order valence-corrected chi connectivity index (χ4v) is 4.19. The third-order valence-electron chi connectivity index (χ3n) is 2.97.